The van der Waals surface area contributed by atoms with Gasteiger partial charge < -0.3 is 5.32 Å². The van der Waals surface area contributed by atoms with Gasteiger partial charge in [0.1, 0.15) is 10.3 Å². The third kappa shape index (κ3) is 4.09. The lowest BCUT2D eigenvalue weighted by atomic mass is 10.1. The highest BCUT2D eigenvalue weighted by atomic mass is 79.9. The van der Waals surface area contributed by atoms with Gasteiger partial charge in [-0.1, -0.05) is 27.5 Å². The predicted molar refractivity (Wildman–Crippen MR) is 113 cm³/mol. The number of hydrogen-bond donors (Lipinski definition) is 3. The molecule has 0 fully saturated rings. The van der Waals surface area contributed by atoms with E-state index in [1.54, 1.807) is 37.4 Å². The fraction of sp³-hybridized carbons (Fsp3) is 0.0588. The second-order valence-electron chi connectivity index (χ2n) is 5.65. The molecule has 144 valence electrons. The van der Waals surface area contributed by atoms with Crippen LogP contribution in [-0.2, 0) is 0 Å². The van der Waals surface area contributed by atoms with Crippen LogP contribution in [0.5, 0.6) is 0 Å². The highest BCUT2D eigenvalue weighted by Gasteiger charge is 2.22. The number of carbonyl (C=O) groups excluding carboxylic acids is 2. The molecule has 4 N–H and O–H groups in total. The molecule has 0 aliphatic carbocycles. The average molecular weight is 529 g/mol. The number of nitrogens with zero attached hydrogens (tertiary/aromatic N) is 3. The first kappa shape index (κ1) is 20.5. The number of anilines is 1. The molecule has 0 unspecified atom stereocenters. The first-order chi connectivity index (χ1) is 13.3. The maximum atomic E-state index is 13.0. The van der Waals surface area contributed by atoms with Crippen molar-refractivity contribution in [2.24, 2.45) is 5.84 Å². The van der Waals surface area contributed by atoms with E-state index in [9.17, 15) is 9.59 Å². The standard InChI is InChI=1S/C17H13Br2ClN6O2/c1-8-5-9(18)6-10(16(27)24-21)14(8)23-17(28)12-7-13(19)25-26(12)15-11(20)3-2-4-22-15/h2-7H,21H2,1H3,(H,23,28)(H,24,27). The van der Waals surface area contributed by atoms with Gasteiger partial charge in [0.15, 0.2) is 5.82 Å². The van der Waals surface area contributed by atoms with Crippen LogP contribution in [0, 0.1) is 6.92 Å². The summed E-state index contributed by atoms with van der Waals surface area (Å²) in [6.45, 7) is 1.76. The number of benzene rings is 1. The zero-order chi connectivity index (χ0) is 20.4. The summed E-state index contributed by atoms with van der Waals surface area (Å²) in [5, 5.41) is 7.31. The van der Waals surface area contributed by atoms with Gasteiger partial charge in [0, 0.05) is 16.7 Å². The molecular weight excluding hydrogens is 515 g/mol. The number of nitrogens with two attached hydrogens (primary N) is 1. The van der Waals surface area contributed by atoms with E-state index in [1.165, 1.54) is 10.7 Å². The Morgan fingerprint density at radius 3 is 2.64 bits per heavy atom. The number of pyridine rings is 1. The Balaban J connectivity index is 2.05. The van der Waals surface area contributed by atoms with Gasteiger partial charge in [-0.3, -0.25) is 15.0 Å². The average Bonchev–Trinajstić information content (AvgIpc) is 3.05. The number of nitrogen functional groups attached to an aromatic ring is 1. The summed E-state index contributed by atoms with van der Waals surface area (Å²) >= 11 is 12.8. The molecular formula is C17H13Br2ClN6O2. The molecule has 1 aromatic carbocycles. The van der Waals surface area contributed by atoms with Crippen LogP contribution < -0.4 is 16.6 Å². The van der Waals surface area contributed by atoms with Gasteiger partial charge >= 0.3 is 0 Å². The number of aromatic nitrogens is 3. The van der Waals surface area contributed by atoms with Gasteiger partial charge in [-0.25, -0.2) is 15.5 Å². The molecule has 2 amide bonds. The number of amides is 2. The monoisotopic (exact) mass is 526 g/mol. The first-order valence-corrected chi connectivity index (χ1v) is 9.77. The van der Waals surface area contributed by atoms with Gasteiger partial charge in [-0.2, -0.15) is 5.10 Å². The predicted octanol–water partition coefficient (Wildman–Crippen LogP) is 3.61. The zero-order valence-corrected chi connectivity index (χ0v) is 18.3. The number of hydrogen-bond acceptors (Lipinski definition) is 5. The Labute approximate surface area is 181 Å². The summed E-state index contributed by atoms with van der Waals surface area (Å²) in [7, 11) is 0. The molecule has 2 aromatic heterocycles. The maximum absolute atomic E-state index is 13.0. The molecule has 0 saturated carbocycles. The lowest BCUT2D eigenvalue weighted by Crippen LogP contribution is -2.31. The van der Waals surface area contributed by atoms with E-state index in [4.69, 9.17) is 17.4 Å². The van der Waals surface area contributed by atoms with E-state index in [-0.39, 0.29) is 11.3 Å². The molecule has 8 nitrogen and oxygen atoms in total. The number of nitrogens with one attached hydrogen (secondary N) is 2. The van der Waals surface area contributed by atoms with Crippen molar-refractivity contribution in [3.63, 3.8) is 0 Å². The lowest BCUT2D eigenvalue weighted by Gasteiger charge is -2.14. The highest BCUT2D eigenvalue weighted by molar-refractivity contribution is 9.10. The van der Waals surface area contributed by atoms with Crippen molar-refractivity contribution in [2.45, 2.75) is 6.92 Å². The second kappa shape index (κ2) is 8.39. The fourth-order valence-electron chi connectivity index (χ4n) is 2.55. The minimum atomic E-state index is -0.540. The van der Waals surface area contributed by atoms with E-state index in [2.05, 4.69) is 52.7 Å². The third-order valence-corrected chi connectivity index (χ3v) is 4.91. The van der Waals surface area contributed by atoms with Crippen LogP contribution >= 0.6 is 43.5 Å². The third-order valence-electron chi connectivity index (χ3n) is 3.77. The number of hydrazine groups is 1. The molecule has 0 aliphatic heterocycles. The van der Waals surface area contributed by atoms with Crippen molar-refractivity contribution < 1.29 is 9.59 Å². The summed E-state index contributed by atoms with van der Waals surface area (Å²) in [6.07, 6.45) is 1.54. The van der Waals surface area contributed by atoms with E-state index >= 15 is 0 Å². The fourth-order valence-corrected chi connectivity index (χ4v) is 3.70. The number of aryl methyl sites for hydroxylation is 1. The molecule has 11 heteroatoms. The molecule has 3 rings (SSSR count). The Kier molecular flexibility index (Phi) is 6.14. The van der Waals surface area contributed by atoms with Crippen LogP contribution in [0.4, 0.5) is 5.69 Å². The van der Waals surface area contributed by atoms with Gasteiger partial charge in [-0.15, -0.1) is 0 Å². The summed E-state index contributed by atoms with van der Waals surface area (Å²) in [4.78, 5) is 29.3. The highest BCUT2D eigenvalue weighted by Crippen LogP contribution is 2.27. The Hall–Kier alpha value is -2.27. The minimum absolute atomic E-state index is 0.175. The van der Waals surface area contributed by atoms with Crippen molar-refractivity contribution in [1.29, 1.82) is 0 Å². The van der Waals surface area contributed by atoms with Crippen LogP contribution in [0.25, 0.3) is 5.82 Å². The number of carbonyl (C=O) groups is 2. The van der Waals surface area contributed by atoms with Gasteiger partial charge in [0.25, 0.3) is 11.8 Å². The lowest BCUT2D eigenvalue weighted by molar-refractivity contribution is 0.0954. The van der Waals surface area contributed by atoms with Crippen LogP contribution in [0.3, 0.4) is 0 Å². The van der Waals surface area contributed by atoms with Gasteiger partial charge in [0.2, 0.25) is 0 Å². The summed E-state index contributed by atoms with van der Waals surface area (Å²) < 4.78 is 2.42. The molecule has 0 radical (unpaired) electrons. The van der Waals surface area contributed by atoms with Crippen LogP contribution in [0.15, 0.2) is 45.6 Å². The second-order valence-corrected chi connectivity index (χ2v) is 7.78. The smallest absolute Gasteiger partial charge is 0.274 e. The van der Waals surface area contributed by atoms with Crippen molar-refractivity contribution in [3.05, 3.63) is 67.4 Å². The molecule has 3 aromatic rings. The Morgan fingerprint density at radius 1 is 1.21 bits per heavy atom. The van der Waals surface area contributed by atoms with Crippen LogP contribution in [0.1, 0.15) is 26.4 Å². The van der Waals surface area contributed by atoms with Crippen molar-refractivity contribution in [3.8, 4) is 5.82 Å². The summed E-state index contributed by atoms with van der Waals surface area (Å²) in [5.74, 6) is 4.52. The number of rotatable bonds is 4. The van der Waals surface area contributed by atoms with Crippen molar-refractivity contribution in [2.75, 3.05) is 5.32 Å². The normalized spacial score (nSPS) is 10.6. The van der Waals surface area contributed by atoms with Crippen LogP contribution in [-0.4, -0.2) is 26.6 Å². The summed E-state index contributed by atoms with van der Waals surface area (Å²) in [5.41, 5.74) is 3.46. The number of halogens is 3. The van der Waals surface area contributed by atoms with Gasteiger partial charge in [-0.05, 0) is 52.7 Å². The van der Waals surface area contributed by atoms with E-state index in [0.717, 1.165) is 0 Å². The van der Waals surface area contributed by atoms with E-state index in [0.29, 0.717) is 31.2 Å². The van der Waals surface area contributed by atoms with Gasteiger partial charge in [0.05, 0.1) is 16.3 Å². The quantitative estimate of drug-likeness (QED) is 0.272. The SMILES string of the molecule is Cc1cc(Br)cc(C(=O)NN)c1NC(=O)c1cc(Br)nn1-c1ncccc1Cl. The van der Waals surface area contributed by atoms with Crippen molar-refractivity contribution >= 4 is 61.0 Å². The molecule has 0 atom stereocenters. The van der Waals surface area contributed by atoms with E-state index < -0.39 is 11.8 Å². The maximum Gasteiger partial charge on any atom is 0.274 e. The Morgan fingerprint density at radius 2 is 1.96 bits per heavy atom. The molecule has 0 saturated heterocycles. The minimum Gasteiger partial charge on any atom is -0.320 e. The molecule has 0 aliphatic rings. The van der Waals surface area contributed by atoms with Crippen LogP contribution in [0.2, 0.25) is 5.02 Å². The molecule has 28 heavy (non-hydrogen) atoms. The van der Waals surface area contributed by atoms with Crippen molar-refractivity contribution in [1.82, 2.24) is 20.2 Å². The summed E-state index contributed by atoms with van der Waals surface area (Å²) in [6, 6.07) is 8.17. The van der Waals surface area contributed by atoms with E-state index in [1.807, 2.05) is 0 Å². The molecule has 0 bridgehead atoms. The largest absolute Gasteiger partial charge is 0.320 e. The molecule has 0 spiro atoms. The Bertz CT molecular complexity index is 1090. The zero-order valence-electron chi connectivity index (χ0n) is 14.3. The first-order valence-electron chi connectivity index (χ1n) is 7.80. The molecule has 2 heterocycles. The topological polar surface area (TPSA) is 115 Å².